The van der Waals surface area contributed by atoms with E-state index in [0.717, 1.165) is 41.7 Å². The van der Waals surface area contributed by atoms with Gasteiger partial charge in [-0.05, 0) is 112 Å². The molecule has 0 aliphatic carbocycles. The lowest BCUT2D eigenvalue weighted by molar-refractivity contribution is 0.179. The number of nitriles is 1. The van der Waals surface area contributed by atoms with Crippen LogP contribution in [0.5, 0.6) is 0 Å². The lowest BCUT2D eigenvalue weighted by atomic mass is 9.98. The molecule has 0 saturated carbocycles. The van der Waals surface area contributed by atoms with Crippen molar-refractivity contribution in [3.05, 3.63) is 148 Å². The molecule has 3 aromatic carbocycles. The highest BCUT2D eigenvalue weighted by molar-refractivity contribution is 9.10. The zero-order chi connectivity index (χ0) is 32.4. The second-order valence-electron chi connectivity index (χ2n) is 12.4. The van der Waals surface area contributed by atoms with Gasteiger partial charge in [0, 0.05) is 46.0 Å². The summed E-state index contributed by atoms with van der Waals surface area (Å²) in [6.45, 7) is 4.96. The van der Waals surface area contributed by atoms with E-state index in [-0.39, 0.29) is 11.9 Å². The zero-order valence-electron chi connectivity index (χ0n) is 26.9. The van der Waals surface area contributed by atoms with Gasteiger partial charge in [-0.15, -0.1) is 0 Å². The summed E-state index contributed by atoms with van der Waals surface area (Å²) >= 11 is 3.56. The van der Waals surface area contributed by atoms with E-state index in [1.54, 1.807) is 6.07 Å². The lowest BCUT2D eigenvalue weighted by Crippen LogP contribution is -2.35. The van der Waals surface area contributed by atoms with Crippen LogP contribution in [0.25, 0.3) is 5.69 Å². The van der Waals surface area contributed by atoms with Crippen LogP contribution in [-0.2, 0) is 6.54 Å². The molecule has 2 unspecified atom stereocenters. The molecule has 4 heterocycles. The van der Waals surface area contributed by atoms with Crippen molar-refractivity contribution < 1.29 is 4.39 Å². The molecule has 0 radical (unpaired) electrons. The van der Waals surface area contributed by atoms with Gasteiger partial charge in [-0.1, -0.05) is 70.9 Å². The molecule has 242 valence electrons. The van der Waals surface area contributed by atoms with Crippen LogP contribution in [0.3, 0.4) is 0 Å². The van der Waals surface area contributed by atoms with E-state index in [0.29, 0.717) is 19.0 Å². The smallest absolute Gasteiger partial charge is 0.128 e. The number of aromatic nitrogens is 2. The van der Waals surface area contributed by atoms with Gasteiger partial charge in [0.2, 0.25) is 0 Å². The molecule has 7 heteroatoms. The number of halogens is 2. The van der Waals surface area contributed by atoms with Crippen LogP contribution >= 0.6 is 15.9 Å². The highest BCUT2D eigenvalue weighted by atomic mass is 79.9. The third-order valence-electron chi connectivity index (χ3n) is 9.35. The average Bonchev–Trinajstić information content (AvgIpc) is 3.91. The number of para-hydroxylation sites is 1. The highest BCUT2D eigenvalue weighted by Crippen LogP contribution is 2.35. The average molecular weight is 693 g/mol. The van der Waals surface area contributed by atoms with E-state index >= 15 is 0 Å². The van der Waals surface area contributed by atoms with E-state index < -0.39 is 0 Å². The van der Waals surface area contributed by atoms with Crippen LogP contribution in [0.1, 0.15) is 73.1 Å². The molecule has 2 aliphatic heterocycles. The summed E-state index contributed by atoms with van der Waals surface area (Å²) in [6.07, 6.45) is 10.8. The van der Waals surface area contributed by atoms with E-state index in [4.69, 9.17) is 5.26 Å². The van der Waals surface area contributed by atoms with E-state index in [9.17, 15) is 4.39 Å². The van der Waals surface area contributed by atoms with Crippen LogP contribution in [0.2, 0.25) is 0 Å². The minimum absolute atomic E-state index is 0.0785. The van der Waals surface area contributed by atoms with Crippen molar-refractivity contribution in [1.29, 1.82) is 5.26 Å². The number of benzene rings is 3. The molecule has 2 aliphatic rings. The first-order chi connectivity index (χ1) is 23.1. The maximum absolute atomic E-state index is 14.5. The molecule has 2 aromatic heterocycles. The van der Waals surface area contributed by atoms with Crippen molar-refractivity contribution in [2.45, 2.75) is 57.2 Å². The predicted molar refractivity (Wildman–Crippen MR) is 191 cm³/mol. The third kappa shape index (κ3) is 7.96. The molecule has 5 aromatic rings. The highest BCUT2D eigenvalue weighted by Gasteiger charge is 2.29. The predicted octanol–water partition coefficient (Wildman–Crippen LogP) is 9.54. The number of piperidine rings is 1. The van der Waals surface area contributed by atoms with Gasteiger partial charge in [-0.3, -0.25) is 9.80 Å². The lowest BCUT2D eigenvalue weighted by Gasteiger charge is -2.35. The van der Waals surface area contributed by atoms with Gasteiger partial charge in [0.1, 0.15) is 5.82 Å². The molecule has 0 bridgehead atoms. The van der Waals surface area contributed by atoms with Crippen molar-refractivity contribution in [1.82, 2.24) is 18.9 Å². The Balaban J connectivity index is 0.000000165. The fourth-order valence-corrected chi connectivity index (χ4v) is 7.38. The summed E-state index contributed by atoms with van der Waals surface area (Å²) in [5, 5.41) is 8.87. The normalized spacial score (nSPS) is 16.6. The topological polar surface area (TPSA) is 40.1 Å². The minimum atomic E-state index is -0.156. The fraction of sp³-hybridized carbons (Fsp3) is 0.325. The number of aryl methyl sites for hydroxylation is 1. The standard InChI is InChI=1S/C21H21BrN2.C19H22FN3/c22-18-12-10-17(11-13-18)21(23-14-4-5-15-23)20-9-6-16-24(20)19-7-2-1-3-8-19;20-17-9-3-2-8-16(17)19(23-12-4-1-5-13-23)18-10-6-14-22(18)15-7-11-21/h1-3,6-13,16,21H,4-5,14-15H2;2-3,6,8-10,14,19H,1,4-5,7,12-13,15H2. The molecule has 7 rings (SSSR count). The largest absolute Gasteiger partial charge is 0.349 e. The molecular weight excluding hydrogens is 649 g/mol. The summed E-state index contributed by atoms with van der Waals surface area (Å²) in [6, 6.07) is 37.3. The first-order valence-corrected chi connectivity index (χ1v) is 17.7. The summed E-state index contributed by atoms with van der Waals surface area (Å²) in [4.78, 5) is 4.98. The first-order valence-electron chi connectivity index (χ1n) is 16.9. The van der Waals surface area contributed by atoms with Gasteiger partial charge in [0.05, 0.1) is 24.6 Å². The van der Waals surface area contributed by atoms with E-state index in [1.165, 1.54) is 55.4 Å². The zero-order valence-corrected chi connectivity index (χ0v) is 28.5. The van der Waals surface area contributed by atoms with E-state index in [1.807, 2.05) is 24.4 Å². The van der Waals surface area contributed by atoms with E-state index in [2.05, 4.69) is 120 Å². The van der Waals surface area contributed by atoms with Crippen molar-refractivity contribution >= 4 is 15.9 Å². The van der Waals surface area contributed by atoms with Crippen LogP contribution in [0.15, 0.2) is 120 Å². The van der Waals surface area contributed by atoms with Gasteiger partial charge in [0.15, 0.2) is 0 Å². The van der Waals surface area contributed by atoms with Gasteiger partial charge in [0.25, 0.3) is 0 Å². The Labute approximate surface area is 287 Å². The second-order valence-corrected chi connectivity index (χ2v) is 13.3. The van der Waals surface area contributed by atoms with Crippen molar-refractivity contribution in [3.63, 3.8) is 0 Å². The molecule has 2 saturated heterocycles. The summed E-state index contributed by atoms with van der Waals surface area (Å²) in [7, 11) is 0. The number of rotatable bonds is 9. The van der Waals surface area contributed by atoms with Crippen molar-refractivity contribution in [2.24, 2.45) is 0 Å². The number of hydrogen-bond acceptors (Lipinski definition) is 3. The number of likely N-dealkylation sites (tertiary alicyclic amines) is 2. The monoisotopic (exact) mass is 691 g/mol. The SMILES string of the molecule is Brc1ccc(C(c2cccn2-c2ccccc2)N2CCCC2)cc1.N#CCCn1cccc1C(c1ccccc1F)N1CCCCC1. The Hall–Kier alpha value is -3.96. The maximum atomic E-state index is 14.5. The molecule has 0 amide bonds. The molecular formula is C40H43BrFN5. The Morgan fingerprint density at radius 1 is 0.660 bits per heavy atom. The Morgan fingerprint density at radius 2 is 1.28 bits per heavy atom. The number of hydrogen-bond donors (Lipinski definition) is 0. The van der Waals surface area contributed by atoms with Gasteiger partial charge in [-0.25, -0.2) is 4.39 Å². The van der Waals surface area contributed by atoms with Crippen LogP contribution < -0.4 is 0 Å². The molecule has 5 nitrogen and oxygen atoms in total. The molecule has 0 N–H and O–H groups in total. The Morgan fingerprint density at radius 3 is 1.98 bits per heavy atom. The number of nitrogens with zero attached hydrogens (tertiary/aromatic N) is 5. The van der Waals surface area contributed by atoms with Crippen LogP contribution in [0.4, 0.5) is 4.39 Å². The fourth-order valence-electron chi connectivity index (χ4n) is 7.12. The van der Waals surface area contributed by atoms with Crippen LogP contribution in [-0.4, -0.2) is 45.1 Å². The molecule has 0 spiro atoms. The Kier molecular flexibility index (Phi) is 11.4. The minimum Gasteiger partial charge on any atom is -0.349 e. The Bertz CT molecular complexity index is 1730. The van der Waals surface area contributed by atoms with Crippen molar-refractivity contribution in [3.8, 4) is 11.8 Å². The maximum Gasteiger partial charge on any atom is 0.128 e. The third-order valence-corrected chi connectivity index (χ3v) is 9.88. The van der Waals surface area contributed by atoms with Crippen LogP contribution in [0, 0.1) is 17.1 Å². The van der Waals surface area contributed by atoms with Gasteiger partial charge >= 0.3 is 0 Å². The summed E-state index contributed by atoms with van der Waals surface area (Å²) < 4.78 is 20.0. The second kappa shape index (κ2) is 16.2. The van der Waals surface area contributed by atoms with Gasteiger partial charge in [-0.2, -0.15) is 5.26 Å². The first kappa shape index (κ1) is 33.0. The molecule has 47 heavy (non-hydrogen) atoms. The van der Waals surface area contributed by atoms with Crippen molar-refractivity contribution in [2.75, 3.05) is 26.2 Å². The molecule has 2 atom stereocenters. The summed E-state index contributed by atoms with van der Waals surface area (Å²) in [5.74, 6) is -0.156. The molecule has 2 fully saturated rings. The summed E-state index contributed by atoms with van der Waals surface area (Å²) in [5.41, 5.74) is 5.72. The van der Waals surface area contributed by atoms with Gasteiger partial charge < -0.3 is 9.13 Å². The quantitative estimate of drug-likeness (QED) is 0.155.